The van der Waals surface area contributed by atoms with Crippen LogP contribution in [0.4, 0.5) is 0 Å². The number of aromatic amines is 1. The number of nitrogens with zero attached hydrogens (tertiary/aromatic N) is 6. The summed E-state index contributed by atoms with van der Waals surface area (Å²) in [6, 6.07) is 26.4. The Morgan fingerprint density at radius 1 is 0.878 bits per heavy atom. The molecule has 7 aromatic rings. The molecule has 7 rings (SSSR count). The summed E-state index contributed by atoms with van der Waals surface area (Å²) in [5, 5.41) is 8.86. The van der Waals surface area contributed by atoms with Crippen molar-refractivity contribution in [2.75, 3.05) is 0 Å². The van der Waals surface area contributed by atoms with Crippen molar-refractivity contribution in [2.24, 2.45) is 0 Å². The second-order valence-corrected chi connectivity index (χ2v) is 9.19. The zero-order valence-corrected chi connectivity index (χ0v) is 22.2. The SMILES string of the molecule is C#C/C(C#N)=C\C=C/Cn1c2ccccc2n2c3ccccc3nc12.C=Cc1nc2[nH]c3ccccc3n2c1C=C. The summed E-state index contributed by atoms with van der Waals surface area (Å²) in [6.45, 7) is 8.22. The van der Waals surface area contributed by atoms with E-state index in [1.807, 2.05) is 66.8 Å². The van der Waals surface area contributed by atoms with Crippen LogP contribution in [0.2, 0.25) is 0 Å². The van der Waals surface area contributed by atoms with Gasteiger partial charge in [0.2, 0.25) is 11.6 Å². The highest BCUT2D eigenvalue weighted by Crippen LogP contribution is 2.26. The molecule has 0 atom stereocenters. The van der Waals surface area contributed by atoms with Crippen LogP contribution >= 0.6 is 0 Å². The van der Waals surface area contributed by atoms with Gasteiger partial charge in [0.15, 0.2) is 0 Å². The molecular weight excluding hydrogens is 506 g/mol. The molecule has 41 heavy (non-hydrogen) atoms. The fourth-order valence-electron chi connectivity index (χ4n) is 5.07. The van der Waals surface area contributed by atoms with Crippen LogP contribution in [-0.2, 0) is 6.54 Å². The Kier molecular flexibility index (Phi) is 6.53. The fraction of sp³-hybridized carbons (Fsp3) is 0.0294. The molecule has 0 amide bonds. The minimum absolute atomic E-state index is 0.310. The topological polar surface area (TPSA) is 79.1 Å². The van der Waals surface area contributed by atoms with Crippen molar-refractivity contribution in [1.82, 2.24) is 28.3 Å². The van der Waals surface area contributed by atoms with Crippen molar-refractivity contribution < 1.29 is 0 Å². The van der Waals surface area contributed by atoms with E-state index in [4.69, 9.17) is 16.7 Å². The Morgan fingerprint density at radius 3 is 2.32 bits per heavy atom. The summed E-state index contributed by atoms with van der Waals surface area (Å²) < 4.78 is 6.39. The monoisotopic (exact) mass is 531 g/mol. The van der Waals surface area contributed by atoms with Gasteiger partial charge in [-0.25, -0.2) is 9.97 Å². The molecule has 7 heteroatoms. The predicted molar refractivity (Wildman–Crippen MR) is 167 cm³/mol. The molecule has 196 valence electrons. The van der Waals surface area contributed by atoms with Gasteiger partial charge in [-0.05, 0) is 54.6 Å². The van der Waals surface area contributed by atoms with Crippen molar-refractivity contribution in [2.45, 2.75) is 6.54 Å². The van der Waals surface area contributed by atoms with E-state index in [1.165, 1.54) is 0 Å². The Morgan fingerprint density at radius 2 is 1.59 bits per heavy atom. The molecule has 0 aliphatic rings. The van der Waals surface area contributed by atoms with Gasteiger partial charge < -0.3 is 9.55 Å². The first-order valence-electron chi connectivity index (χ1n) is 13.0. The minimum Gasteiger partial charge on any atom is -0.323 e. The molecule has 0 bridgehead atoms. The first-order valence-corrected chi connectivity index (χ1v) is 13.0. The highest BCUT2D eigenvalue weighted by atomic mass is 15.2. The number of fused-ring (bicyclic) bond motifs is 8. The first kappa shape index (κ1) is 25.2. The van der Waals surface area contributed by atoms with Gasteiger partial charge in [0.1, 0.15) is 11.6 Å². The van der Waals surface area contributed by atoms with Crippen LogP contribution in [0, 0.1) is 23.7 Å². The molecular formula is C34H25N7. The number of terminal acetylenes is 1. The normalized spacial score (nSPS) is 11.7. The average Bonchev–Trinajstić information content (AvgIpc) is 3.74. The van der Waals surface area contributed by atoms with E-state index in [2.05, 4.69) is 66.7 Å². The number of hydrogen-bond donors (Lipinski definition) is 1. The van der Waals surface area contributed by atoms with E-state index in [0.29, 0.717) is 12.1 Å². The van der Waals surface area contributed by atoms with E-state index in [9.17, 15) is 0 Å². The number of nitriles is 1. The third kappa shape index (κ3) is 4.28. The van der Waals surface area contributed by atoms with E-state index >= 15 is 0 Å². The lowest BCUT2D eigenvalue weighted by atomic mass is 10.2. The fourth-order valence-corrected chi connectivity index (χ4v) is 5.07. The van der Waals surface area contributed by atoms with Gasteiger partial charge >= 0.3 is 0 Å². The van der Waals surface area contributed by atoms with Crippen LogP contribution < -0.4 is 0 Å². The van der Waals surface area contributed by atoms with E-state index in [0.717, 1.165) is 56.0 Å². The molecule has 4 heterocycles. The first-order chi connectivity index (χ1) is 20.2. The number of hydrogen-bond acceptors (Lipinski definition) is 3. The van der Waals surface area contributed by atoms with Crippen molar-refractivity contribution in [1.29, 1.82) is 5.26 Å². The molecule has 0 aliphatic carbocycles. The van der Waals surface area contributed by atoms with Crippen molar-refractivity contribution >= 4 is 56.8 Å². The number of nitrogens with one attached hydrogen (secondary N) is 1. The number of aromatic nitrogens is 6. The smallest absolute Gasteiger partial charge is 0.216 e. The van der Waals surface area contributed by atoms with Crippen LogP contribution in [0.5, 0.6) is 0 Å². The molecule has 7 nitrogen and oxygen atoms in total. The molecule has 0 radical (unpaired) electrons. The summed E-state index contributed by atoms with van der Waals surface area (Å²) in [5.74, 6) is 4.07. The maximum absolute atomic E-state index is 8.86. The minimum atomic E-state index is 0.310. The van der Waals surface area contributed by atoms with Gasteiger partial charge in [-0.1, -0.05) is 67.6 Å². The number of para-hydroxylation sites is 6. The molecule has 0 aliphatic heterocycles. The molecule has 4 aromatic heterocycles. The largest absolute Gasteiger partial charge is 0.323 e. The van der Waals surface area contributed by atoms with Gasteiger partial charge in [0.25, 0.3) is 0 Å². The number of H-pyrrole nitrogens is 1. The van der Waals surface area contributed by atoms with Gasteiger partial charge in [-0.15, -0.1) is 6.42 Å². The van der Waals surface area contributed by atoms with Crippen molar-refractivity contribution in [3.63, 3.8) is 0 Å². The highest BCUT2D eigenvalue weighted by molar-refractivity contribution is 5.90. The van der Waals surface area contributed by atoms with Crippen molar-refractivity contribution in [3.05, 3.63) is 121 Å². The molecule has 1 N–H and O–H groups in total. The molecule has 0 saturated carbocycles. The average molecular weight is 532 g/mol. The third-order valence-electron chi connectivity index (χ3n) is 6.88. The van der Waals surface area contributed by atoms with Crippen molar-refractivity contribution in [3.8, 4) is 18.4 Å². The van der Waals surface area contributed by atoms with E-state index in [1.54, 1.807) is 18.2 Å². The van der Waals surface area contributed by atoms with Crippen LogP contribution in [0.25, 0.3) is 56.8 Å². The lowest BCUT2D eigenvalue weighted by molar-refractivity contribution is 0.873. The zero-order chi connectivity index (χ0) is 28.3. The Balaban J connectivity index is 0.000000162. The quantitative estimate of drug-likeness (QED) is 0.145. The predicted octanol–water partition coefficient (Wildman–Crippen LogP) is 7.18. The van der Waals surface area contributed by atoms with E-state index in [-0.39, 0.29) is 0 Å². The molecule has 0 unspecified atom stereocenters. The number of rotatable bonds is 5. The van der Waals surface area contributed by atoms with E-state index < -0.39 is 0 Å². The third-order valence-corrected chi connectivity index (χ3v) is 6.88. The Labute approximate surface area is 236 Å². The van der Waals surface area contributed by atoms with Gasteiger partial charge in [-0.3, -0.25) is 8.80 Å². The molecule has 0 spiro atoms. The second kappa shape index (κ2) is 10.6. The summed E-state index contributed by atoms with van der Waals surface area (Å²) in [4.78, 5) is 12.5. The maximum Gasteiger partial charge on any atom is 0.216 e. The standard InChI is InChI=1S/C21H14N4.C13H11N3/c1-2-16(15-22)9-7-8-14-24-19-12-5-6-13-20(19)25-18-11-4-3-10-17(18)23-21(24)25;1-3-9-11(4-2)16-12-8-6-5-7-10(12)15-13(16)14-9/h1,3-13H,14H2;3-8H,1-2H2,(H,14,15)/b8-7-,16-9+;. The van der Waals surface area contributed by atoms with Crippen LogP contribution in [-0.4, -0.2) is 28.3 Å². The Bertz CT molecular complexity index is 2230. The number of benzene rings is 3. The number of imidazole rings is 4. The van der Waals surface area contributed by atoms with Gasteiger partial charge in [0.05, 0.1) is 44.5 Å². The van der Waals surface area contributed by atoms with Crippen LogP contribution in [0.3, 0.4) is 0 Å². The maximum atomic E-state index is 8.86. The van der Waals surface area contributed by atoms with Gasteiger partial charge in [0, 0.05) is 6.54 Å². The summed E-state index contributed by atoms with van der Waals surface area (Å²) in [7, 11) is 0. The van der Waals surface area contributed by atoms with Crippen LogP contribution in [0.15, 0.2) is 110 Å². The zero-order valence-electron chi connectivity index (χ0n) is 22.2. The molecule has 3 aromatic carbocycles. The molecule has 0 fully saturated rings. The lowest BCUT2D eigenvalue weighted by Gasteiger charge is -2.00. The summed E-state index contributed by atoms with van der Waals surface area (Å²) >= 11 is 0. The Hall–Kier alpha value is -6.05. The molecule has 0 saturated heterocycles. The summed E-state index contributed by atoms with van der Waals surface area (Å²) in [5.41, 5.74) is 8.62. The lowest BCUT2D eigenvalue weighted by Crippen LogP contribution is -1.95. The number of allylic oxidation sites excluding steroid dienone is 4. The summed E-state index contributed by atoms with van der Waals surface area (Å²) in [6.07, 6.45) is 14.2. The second-order valence-electron chi connectivity index (χ2n) is 9.19. The van der Waals surface area contributed by atoms with Gasteiger partial charge in [-0.2, -0.15) is 5.26 Å². The van der Waals surface area contributed by atoms with Crippen LogP contribution in [0.1, 0.15) is 11.4 Å². The highest BCUT2D eigenvalue weighted by Gasteiger charge is 2.14.